The maximum atomic E-state index is 11.8. The van der Waals surface area contributed by atoms with Crippen LogP contribution in [0, 0.1) is 11.3 Å². The van der Waals surface area contributed by atoms with Gasteiger partial charge in [0.25, 0.3) is 0 Å². The molecule has 0 saturated carbocycles. The molecule has 0 unspecified atom stereocenters. The molecule has 0 atom stereocenters. The minimum absolute atomic E-state index is 0.0741. The molecule has 0 spiro atoms. The average Bonchev–Trinajstić information content (AvgIpc) is 2.93. The van der Waals surface area contributed by atoms with E-state index in [-0.39, 0.29) is 5.75 Å². The number of hydrogen-bond donors (Lipinski definition) is 1. The zero-order valence-electron chi connectivity index (χ0n) is 13.9. The Bertz CT molecular complexity index is 1030. The predicted molar refractivity (Wildman–Crippen MR) is 98.5 cm³/mol. The minimum atomic E-state index is -3.33. The smallest absolute Gasteiger partial charge is 0.215 e. The van der Waals surface area contributed by atoms with Crippen LogP contribution in [0.3, 0.4) is 0 Å². The third kappa shape index (κ3) is 3.90. The lowest BCUT2D eigenvalue weighted by Crippen LogP contribution is -2.20. The largest absolute Gasteiger partial charge is 0.343 e. The molecule has 0 fully saturated rings. The van der Waals surface area contributed by atoms with Crippen molar-refractivity contribution >= 4 is 20.9 Å². The Morgan fingerprint density at radius 1 is 1.12 bits per heavy atom. The van der Waals surface area contributed by atoms with E-state index in [0.717, 1.165) is 16.5 Å². The number of aromatic nitrogens is 1. The van der Waals surface area contributed by atoms with Gasteiger partial charge >= 0.3 is 0 Å². The number of hydrogen-bond acceptors (Lipinski definition) is 3. The van der Waals surface area contributed by atoms with Crippen LogP contribution in [0.1, 0.15) is 16.7 Å². The molecule has 0 radical (unpaired) electrons. The van der Waals surface area contributed by atoms with Crippen molar-refractivity contribution < 1.29 is 8.42 Å². The fourth-order valence-electron chi connectivity index (χ4n) is 2.94. The topological polar surface area (TPSA) is 74.9 Å². The summed E-state index contributed by atoms with van der Waals surface area (Å²) in [6.45, 7) is 0.705. The van der Waals surface area contributed by atoms with Gasteiger partial charge in [0.1, 0.15) is 0 Å². The third-order valence-corrected chi connectivity index (χ3v) is 5.50. The molecule has 1 heterocycles. The van der Waals surface area contributed by atoms with Crippen LogP contribution in [0.2, 0.25) is 0 Å². The highest BCUT2D eigenvalue weighted by atomic mass is 32.2. The average molecular weight is 353 g/mol. The zero-order chi connectivity index (χ0) is 17.9. The van der Waals surface area contributed by atoms with Gasteiger partial charge in [0, 0.05) is 23.6 Å². The number of benzene rings is 2. The summed E-state index contributed by atoms with van der Waals surface area (Å²) in [5.74, 6) is -0.0741. The van der Waals surface area contributed by atoms with E-state index in [4.69, 9.17) is 5.26 Å². The molecule has 0 bridgehead atoms. The van der Waals surface area contributed by atoms with Crippen molar-refractivity contribution in [3.8, 4) is 6.07 Å². The summed E-state index contributed by atoms with van der Waals surface area (Å²) in [7, 11) is -1.92. The molecule has 3 aromatic rings. The molecular formula is C19H19N3O2S. The molecule has 0 amide bonds. The van der Waals surface area contributed by atoms with E-state index in [0.29, 0.717) is 18.5 Å². The van der Waals surface area contributed by atoms with Crippen LogP contribution >= 0.6 is 0 Å². The van der Waals surface area contributed by atoms with E-state index >= 15 is 0 Å². The molecule has 1 aromatic heterocycles. The van der Waals surface area contributed by atoms with Crippen LogP contribution in [0.4, 0.5) is 0 Å². The van der Waals surface area contributed by atoms with Crippen molar-refractivity contribution in [2.45, 2.75) is 18.7 Å². The summed E-state index contributed by atoms with van der Waals surface area (Å²) in [5.41, 5.74) is 3.79. The Kier molecular flexibility index (Phi) is 4.88. The lowest BCUT2D eigenvalue weighted by Gasteiger charge is -2.07. The first-order valence-electron chi connectivity index (χ1n) is 7.95. The van der Waals surface area contributed by atoms with Crippen molar-refractivity contribution in [3.05, 3.63) is 71.4 Å². The maximum absolute atomic E-state index is 11.8. The fourth-order valence-corrected chi connectivity index (χ4v) is 3.70. The van der Waals surface area contributed by atoms with E-state index in [1.54, 1.807) is 0 Å². The predicted octanol–water partition coefficient (Wildman–Crippen LogP) is 2.80. The van der Waals surface area contributed by atoms with Gasteiger partial charge in [-0.1, -0.05) is 36.4 Å². The summed E-state index contributed by atoms with van der Waals surface area (Å²) in [5, 5.41) is 10.0. The van der Waals surface area contributed by atoms with Gasteiger partial charge in [0.05, 0.1) is 18.2 Å². The highest BCUT2D eigenvalue weighted by Crippen LogP contribution is 2.25. The lowest BCUT2D eigenvalue weighted by molar-refractivity contribution is 0.587. The molecule has 6 heteroatoms. The van der Waals surface area contributed by atoms with Gasteiger partial charge in [-0.05, 0) is 35.9 Å². The monoisotopic (exact) mass is 353 g/mol. The molecule has 5 nitrogen and oxygen atoms in total. The summed E-state index contributed by atoms with van der Waals surface area (Å²) in [6, 6.07) is 17.9. The van der Waals surface area contributed by atoms with Crippen LogP contribution < -0.4 is 4.72 Å². The highest BCUT2D eigenvalue weighted by Gasteiger charge is 2.13. The molecule has 2 aromatic carbocycles. The van der Waals surface area contributed by atoms with Gasteiger partial charge in [0.2, 0.25) is 10.0 Å². The maximum Gasteiger partial charge on any atom is 0.215 e. The quantitative estimate of drug-likeness (QED) is 0.740. The fraction of sp³-hybridized carbons (Fsp3) is 0.211. The number of fused-ring (bicyclic) bond motifs is 1. The second-order valence-electron chi connectivity index (χ2n) is 5.92. The van der Waals surface area contributed by atoms with Crippen molar-refractivity contribution in [2.75, 3.05) is 7.05 Å². The minimum Gasteiger partial charge on any atom is -0.343 e. The Morgan fingerprint density at radius 2 is 1.88 bits per heavy atom. The van der Waals surface area contributed by atoms with Crippen molar-refractivity contribution in [2.24, 2.45) is 0 Å². The molecule has 0 aliphatic heterocycles. The van der Waals surface area contributed by atoms with Crippen molar-refractivity contribution in [3.63, 3.8) is 0 Å². The van der Waals surface area contributed by atoms with Gasteiger partial charge in [-0.25, -0.2) is 13.1 Å². The van der Waals surface area contributed by atoms with Gasteiger partial charge in [0.15, 0.2) is 0 Å². The first-order valence-corrected chi connectivity index (χ1v) is 9.60. The molecule has 1 N–H and O–H groups in total. The normalized spacial score (nSPS) is 11.5. The molecule has 128 valence electrons. The first kappa shape index (κ1) is 17.2. The molecule has 0 aliphatic rings. The van der Waals surface area contributed by atoms with E-state index in [1.165, 1.54) is 12.6 Å². The van der Waals surface area contributed by atoms with Crippen LogP contribution in [-0.4, -0.2) is 20.0 Å². The van der Waals surface area contributed by atoms with Crippen LogP contribution in [0.25, 0.3) is 10.9 Å². The van der Waals surface area contributed by atoms with Crippen LogP contribution in [-0.2, 0) is 28.7 Å². The van der Waals surface area contributed by atoms with Crippen molar-refractivity contribution in [1.82, 2.24) is 9.29 Å². The number of nitriles is 1. The number of sulfonamides is 1. The van der Waals surface area contributed by atoms with E-state index < -0.39 is 10.0 Å². The summed E-state index contributed by atoms with van der Waals surface area (Å²) >= 11 is 0. The second kappa shape index (κ2) is 7.09. The second-order valence-corrected chi connectivity index (χ2v) is 7.84. The van der Waals surface area contributed by atoms with Gasteiger partial charge in [-0.15, -0.1) is 0 Å². The van der Waals surface area contributed by atoms with Gasteiger partial charge in [-0.2, -0.15) is 5.26 Å². The Hall–Kier alpha value is -2.62. The highest BCUT2D eigenvalue weighted by molar-refractivity contribution is 7.88. The van der Waals surface area contributed by atoms with E-state index in [1.807, 2.05) is 42.6 Å². The van der Waals surface area contributed by atoms with Crippen LogP contribution in [0.5, 0.6) is 0 Å². The molecule has 0 saturated heterocycles. The molecular weight excluding hydrogens is 334 g/mol. The lowest BCUT2D eigenvalue weighted by atomic mass is 10.1. The summed E-state index contributed by atoms with van der Waals surface area (Å²) in [6.07, 6.45) is 2.28. The van der Waals surface area contributed by atoms with Gasteiger partial charge in [-0.3, -0.25) is 0 Å². The van der Waals surface area contributed by atoms with Crippen LogP contribution in [0.15, 0.2) is 54.7 Å². The first-order chi connectivity index (χ1) is 12.0. The Balaban J connectivity index is 2.04. The molecule has 0 aliphatic carbocycles. The van der Waals surface area contributed by atoms with Gasteiger partial charge < -0.3 is 4.57 Å². The van der Waals surface area contributed by atoms with Crippen molar-refractivity contribution in [1.29, 1.82) is 5.26 Å². The van der Waals surface area contributed by atoms with E-state index in [9.17, 15) is 8.42 Å². The summed E-state index contributed by atoms with van der Waals surface area (Å²) in [4.78, 5) is 0. The Morgan fingerprint density at radius 3 is 2.56 bits per heavy atom. The Labute approximate surface area is 147 Å². The van der Waals surface area contributed by atoms with E-state index in [2.05, 4.69) is 27.5 Å². The molecule has 3 rings (SSSR count). The number of nitrogens with one attached hydrogen (secondary N) is 1. The third-order valence-electron chi connectivity index (χ3n) is 4.16. The number of rotatable bonds is 6. The standard InChI is InChI=1S/C19H19N3O2S/c1-21-25(23,24)14-16-7-8-19-18(11-16)17(9-10-20)13-22(19)12-15-5-3-2-4-6-15/h2-8,11,13,21H,9,12,14H2,1H3. The SMILES string of the molecule is CNS(=O)(=O)Cc1ccc2c(c1)c(CC#N)cn2Cc1ccccc1. The number of nitrogens with zero attached hydrogens (tertiary/aromatic N) is 2. The molecule has 25 heavy (non-hydrogen) atoms. The zero-order valence-corrected chi connectivity index (χ0v) is 14.8. The summed E-state index contributed by atoms with van der Waals surface area (Å²) < 4.78 is 28.0.